The van der Waals surface area contributed by atoms with Crippen molar-refractivity contribution >= 4 is 35.2 Å². The van der Waals surface area contributed by atoms with E-state index in [4.69, 9.17) is 11.6 Å². The molecule has 0 aliphatic rings. The summed E-state index contributed by atoms with van der Waals surface area (Å²) in [5.74, 6) is -0.568. The SMILES string of the molecule is CCCNC(=O)c1ccc(Cl)cc1NC(=O)C=Cc1ccccc1. The Hall–Kier alpha value is -2.59. The Labute approximate surface area is 146 Å². The van der Waals surface area contributed by atoms with Gasteiger partial charge in [-0.1, -0.05) is 48.9 Å². The quantitative estimate of drug-likeness (QED) is 0.775. The minimum absolute atomic E-state index is 0.240. The van der Waals surface area contributed by atoms with E-state index in [1.54, 1.807) is 24.3 Å². The molecule has 2 N–H and O–H groups in total. The van der Waals surface area contributed by atoms with Crippen molar-refractivity contribution in [2.24, 2.45) is 0 Å². The van der Waals surface area contributed by atoms with Gasteiger partial charge in [-0.2, -0.15) is 0 Å². The third kappa shape index (κ3) is 5.25. The summed E-state index contributed by atoms with van der Waals surface area (Å²) in [4.78, 5) is 24.3. The zero-order chi connectivity index (χ0) is 17.4. The molecule has 0 aromatic heterocycles. The number of anilines is 1. The van der Waals surface area contributed by atoms with Crippen molar-refractivity contribution < 1.29 is 9.59 Å². The lowest BCUT2D eigenvalue weighted by molar-refractivity contribution is -0.111. The van der Waals surface area contributed by atoms with Gasteiger partial charge < -0.3 is 10.6 Å². The predicted octanol–water partition coefficient (Wildman–Crippen LogP) is 4.13. The van der Waals surface area contributed by atoms with E-state index in [-0.39, 0.29) is 11.8 Å². The fourth-order valence-electron chi connectivity index (χ4n) is 2.06. The molecule has 0 aliphatic heterocycles. The van der Waals surface area contributed by atoms with Crippen molar-refractivity contribution in [3.05, 3.63) is 70.8 Å². The maximum Gasteiger partial charge on any atom is 0.253 e. The number of carbonyl (C=O) groups is 2. The number of hydrogen-bond acceptors (Lipinski definition) is 2. The highest BCUT2D eigenvalue weighted by atomic mass is 35.5. The number of halogens is 1. The number of hydrogen-bond donors (Lipinski definition) is 2. The standard InChI is InChI=1S/C19H19ClN2O2/c1-2-12-21-19(24)16-10-9-15(20)13-17(16)22-18(23)11-8-14-6-4-3-5-7-14/h3-11,13H,2,12H2,1H3,(H,21,24)(H,22,23). The molecule has 2 aromatic carbocycles. The van der Waals surface area contributed by atoms with Crippen LogP contribution < -0.4 is 10.6 Å². The van der Waals surface area contributed by atoms with Crippen molar-refractivity contribution in [2.45, 2.75) is 13.3 Å². The summed E-state index contributed by atoms with van der Waals surface area (Å²) in [6, 6.07) is 14.3. The molecule has 2 rings (SSSR count). The van der Waals surface area contributed by atoms with Crippen LogP contribution in [0.15, 0.2) is 54.6 Å². The van der Waals surface area contributed by atoms with E-state index < -0.39 is 0 Å². The van der Waals surface area contributed by atoms with Crippen molar-refractivity contribution in [2.75, 3.05) is 11.9 Å². The fraction of sp³-hybridized carbons (Fsp3) is 0.158. The van der Waals surface area contributed by atoms with Gasteiger partial charge in [-0.15, -0.1) is 0 Å². The first-order valence-electron chi connectivity index (χ1n) is 7.72. The monoisotopic (exact) mass is 342 g/mol. The maximum absolute atomic E-state index is 12.2. The Kier molecular flexibility index (Phi) is 6.58. The molecule has 0 saturated heterocycles. The summed E-state index contributed by atoms with van der Waals surface area (Å²) in [6.07, 6.45) is 3.96. The Bertz CT molecular complexity index is 742. The van der Waals surface area contributed by atoms with Crippen LogP contribution >= 0.6 is 11.6 Å². The minimum atomic E-state index is -0.328. The van der Waals surface area contributed by atoms with E-state index in [1.807, 2.05) is 37.3 Å². The molecule has 24 heavy (non-hydrogen) atoms. The summed E-state index contributed by atoms with van der Waals surface area (Å²) in [6.45, 7) is 2.54. The van der Waals surface area contributed by atoms with Gasteiger partial charge in [0.2, 0.25) is 5.91 Å². The second kappa shape index (κ2) is 8.89. The number of nitrogens with one attached hydrogen (secondary N) is 2. The van der Waals surface area contributed by atoms with Crippen LogP contribution in [0.3, 0.4) is 0 Å². The highest BCUT2D eigenvalue weighted by Crippen LogP contribution is 2.21. The molecule has 0 fully saturated rings. The second-order valence-corrected chi connectivity index (χ2v) is 5.62. The summed E-state index contributed by atoms with van der Waals surface area (Å²) < 4.78 is 0. The van der Waals surface area contributed by atoms with Crippen LogP contribution in [0.4, 0.5) is 5.69 Å². The molecule has 0 heterocycles. The Morgan fingerprint density at radius 3 is 2.58 bits per heavy atom. The molecule has 5 heteroatoms. The van der Waals surface area contributed by atoms with E-state index in [2.05, 4.69) is 10.6 Å². The molecule has 124 valence electrons. The van der Waals surface area contributed by atoms with Crippen molar-refractivity contribution in [3.8, 4) is 0 Å². The lowest BCUT2D eigenvalue weighted by Crippen LogP contribution is -2.25. The van der Waals surface area contributed by atoms with E-state index in [0.29, 0.717) is 22.8 Å². The van der Waals surface area contributed by atoms with Crippen LogP contribution in [0.25, 0.3) is 6.08 Å². The molecular formula is C19H19ClN2O2. The minimum Gasteiger partial charge on any atom is -0.352 e. The van der Waals surface area contributed by atoms with Crippen LogP contribution in [0.5, 0.6) is 0 Å². The van der Waals surface area contributed by atoms with Gasteiger partial charge >= 0.3 is 0 Å². The van der Waals surface area contributed by atoms with E-state index in [1.165, 1.54) is 6.08 Å². The smallest absolute Gasteiger partial charge is 0.253 e. The zero-order valence-electron chi connectivity index (χ0n) is 13.4. The lowest BCUT2D eigenvalue weighted by Gasteiger charge is -2.10. The number of rotatable bonds is 6. The van der Waals surface area contributed by atoms with Gasteiger partial charge in [-0.3, -0.25) is 9.59 Å². The molecule has 0 bridgehead atoms. The Morgan fingerprint density at radius 1 is 1.12 bits per heavy atom. The zero-order valence-corrected chi connectivity index (χ0v) is 14.1. The summed E-state index contributed by atoms with van der Waals surface area (Å²) in [5.41, 5.74) is 1.69. The van der Waals surface area contributed by atoms with Crippen LogP contribution in [-0.2, 0) is 4.79 Å². The molecule has 0 atom stereocenters. The summed E-state index contributed by atoms with van der Waals surface area (Å²) >= 11 is 5.98. The van der Waals surface area contributed by atoms with Crippen molar-refractivity contribution in [1.82, 2.24) is 5.32 Å². The first-order valence-corrected chi connectivity index (χ1v) is 8.10. The van der Waals surface area contributed by atoms with Gasteiger partial charge in [0.05, 0.1) is 11.3 Å². The number of carbonyl (C=O) groups excluding carboxylic acids is 2. The largest absolute Gasteiger partial charge is 0.352 e. The first kappa shape index (κ1) is 17.8. The van der Waals surface area contributed by atoms with Crippen molar-refractivity contribution in [3.63, 3.8) is 0 Å². The van der Waals surface area contributed by atoms with Crippen molar-refractivity contribution in [1.29, 1.82) is 0 Å². The lowest BCUT2D eigenvalue weighted by atomic mass is 10.1. The highest BCUT2D eigenvalue weighted by molar-refractivity contribution is 6.31. The number of benzene rings is 2. The van der Waals surface area contributed by atoms with Gasteiger partial charge in [0, 0.05) is 17.6 Å². The van der Waals surface area contributed by atoms with Crippen LogP contribution in [0.2, 0.25) is 5.02 Å². The first-order chi connectivity index (χ1) is 11.6. The van der Waals surface area contributed by atoms with E-state index in [0.717, 1.165) is 12.0 Å². The van der Waals surface area contributed by atoms with Gasteiger partial charge in [0.15, 0.2) is 0 Å². The highest BCUT2D eigenvalue weighted by Gasteiger charge is 2.12. The van der Waals surface area contributed by atoms with Crippen LogP contribution in [0.1, 0.15) is 29.3 Å². The summed E-state index contributed by atoms with van der Waals surface area (Å²) in [7, 11) is 0. The molecular weight excluding hydrogens is 324 g/mol. The average molecular weight is 343 g/mol. The molecule has 2 aromatic rings. The number of amides is 2. The fourth-order valence-corrected chi connectivity index (χ4v) is 2.23. The third-order valence-corrected chi connectivity index (χ3v) is 3.48. The molecule has 0 unspecified atom stereocenters. The van der Waals surface area contributed by atoms with Gasteiger partial charge in [-0.25, -0.2) is 0 Å². The molecule has 0 saturated carbocycles. The average Bonchev–Trinajstić information content (AvgIpc) is 2.59. The Balaban J connectivity index is 2.13. The second-order valence-electron chi connectivity index (χ2n) is 5.18. The van der Waals surface area contributed by atoms with E-state index in [9.17, 15) is 9.59 Å². The predicted molar refractivity (Wildman–Crippen MR) is 98.2 cm³/mol. The summed E-state index contributed by atoms with van der Waals surface area (Å²) in [5, 5.41) is 5.94. The third-order valence-electron chi connectivity index (χ3n) is 3.25. The van der Waals surface area contributed by atoms with E-state index >= 15 is 0 Å². The van der Waals surface area contributed by atoms with Crippen LogP contribution in [0, 0.1) is 0 Å². The maximum atomic E-state index is 12.2. The topological polar surface area (TPSA) is 58.2 Å². The van der Waals surface area contributed by atoms with Gasteiger partial charge in [0.25, 0.3) is 5.91 Å². The van der Waals surface area contributed by atoms with Gasteiger partial charge in [-0.05, 0) is 36.3 Å². The normalized spacial score (nSPS) is 10.6. The molecule has 2 amide bonds. The molecule has 4 nitrogen and oxygen atoms in total. The van der Waals surface area contributed by atoms with Crippen LogP contribution in [-0.4, -0.2) is 18.4 Å². The molecule has 0 radical (unpaired) electrons. The molecule has 0 spiro atoms. The van der Waals surface area contributed by atoms with Gasteiger partial charge in [0.1, 0.15) is 0 Å². The molecule has 0 aliphatic carbocycles. The Morgan fingerprint density at radius 2 is 1.88 bits per heavy atom.